The predicted octanol–water partition coefficient (Wildman–Crippen LogP) is 2.88. The van der Waals surface area contributed by atoms with Crippen LogP contribution in [0.5, 0.6) is 0 Å². The van der Waals surface area contributed by atoms with E-state index in [9.17, 15) is 13.2 Å². The number of hydrogen-bond donors (Lipinski definition) is 2. The minimum atomic E-state index is -1.55. The molecule has 0 aliphatic heterocycles. The zero-order valence-corrected chi connectivity index (χ0v) is 10.3. The number of pyridine rings is 1. The molecule has 0 aliphatic carbocycles. The average molecular weight is 283 g/mol. The van der Waals surface area contributed by atoms with Crippen LogP contribution in [-0.2, 0) is 0 Å². The molecule has 2 rings (SSSR count). The fourth-order valence-electron chi connectivity index (χ4n) is 1.47. The molecule has 0 radical (unpaired) electrons. The number of thiocarbonyl (C=S) groups is 1. The number of hydrogen-bond acceptors (Lipinski definition) is 3. The van der Waals surface area contributed by atoms with Crippen molar-refractivity contribution < 1.29 is 13.2 Å². The molecular weight excluding hydrogens is 275 g/mol. The number of benzene rings is 1. The van der Waals surface area contributed by atoms with Gasteiger partial charge in [-0.15, -0.1) is 0 Å². The maximum atomic E-state index is 13.5. The minimum Gasteiger partial charge on any atom is -0.388 e. The Balaban J connectivity index is 2.42. The Bertz CT molecular complexity index is 646. The molecular formula is C12H8F3N3S. The zero-order valence-electron chi connectivity index (χ0n) is 9.45. The van der Waals surface area contributed by atoms with Crippen LogP contribution in [0.2, 0.25) is 0 Å². The highest BCUT2D eigenvalue weighted by atomic mass is 32.1. The molecule has 0 amide bonds. The Hall–Kier alpha value is -2.15. The number of aromatic nitrogens is 1. The summed E-state index contributed by atoms with van der Waals surface area (Å²) in [6.07, 6.45) is 1.46. The summed E-state index contributed by atoms with van der Waals surface area (Å²) >= 11 is 4.79. The molecule has 0 bridgehead atoms. The van der Waals surface area contributed by atoms with Crippen molar-refractivity contribution in [3.05, 3.63) is 53.6 Å². The molecule has 1 aromatic carbocycles. The van der Waals surface area contributed by atoms with Crippen molar-refractivity contribution in [2.45, 2.75) is 0 Å². The number of anilines is 2. The predicted molar refractivity (Wildman–Crippen MR) is 69.7 cm³/mol. The highest BCUT2D eigenvalue weighted by Gasteiger charge is 2.15. The van der Waals surface area contributed by atoms with Gasteiger partial charge in [-0.3, -0.25) is 4.98 Å². The van der Waals surface area contributed by atoms with Gasteiger partial charge in [0.2, 0.25) is 0 Å². The second-order valence-corrected chi connectivity index (χ2v) is 4.05. The van der Waals surface area contributed by atoms with E-state index in [1.54, 1.807) is 12.1 Å². The highest BCUT2D eigenvalue weighted by Crippen LogP contribution is 2.24. The van der Waals surface area contributed by atoms with E-state index in [0.717, 1.165) is 12.1 Å². The fourth-order valence-corrected chi connectivity index (χ4v) is 1.63. The first-order valence-corrected chi connectivity index (χ1v) is 5.57. The molecule has 1 heterocycles. The number of halogens is 3. The molecule has 7 heteroatoms. The summed E-state index contributed by atoms with van der Waals surface area (Å²) in [5.74, 6) is -4.13. The lowest BCUT2D eigenvalue weighted by atomic mass is 10.2. The van der Waals surface area contributed by atoms with Gasteiger partial charge < -0.3 is 11.1 Å². The van der Waals surface area contributed by atoms with E-state index in [1.165, 1.54) is 6.20 Å². The van der Waals surface area contributed by atoms with Crippen molar-refractivity contribution in [3.8, 4) is 0 Å². The van der Waals surface area contributed by atoms with Gasteiger partial charge in [-0.2, -0.15) is 0 Å². The van der Waals surface area contributed by atoms with Gasteiger partial charge >= 0.3 is 0 Å². The first-order valence-electron chi connectivity index (χ1n) is 5.16. The molecule has 0 atom stereocenters. The second-order valence-electron chi connectivity index (χ2n) is 3.61. The standard InChI is InChI=1S/C12H8F3N3S/c13-6-3-4-7(10(15)9(6)14)18-8-2-1-5-17-11(8)12(16)19/h1-5,18H,(H2,16,19). The van der Waals surface area contributed by atoms with Crippen molar-refractivity contribution in [1.82, 2.24) is 4.98 Å². The van der Waals surface area contributed by atoms with Gasteiger partial charge in [0, 0.05) is 6.20 Å². The van der Waals surface area contributed by atoms with Gasteiger partial charge in [0.25, 0.3) is 0 Å². The van der Waals surface area contributed by atoms with Crippen LogP contribution in [0.3, 0.4) is 0 Å². The number of rotatable bonds is 3. The Labute approximate surface area is 112 Å². The van der Waals surface area contributed by atoms with Crippen molar-refractivity contribution in [3.63, 3.8) is 0 Å². The number of nitrogens with two attached hydrogens (primary N) is 1. The topological polar surface area (TPSA) is 50.9 Å². The molecule has 1 aromatic heterocycles. The van der Waals surface area contributed by atoms with Crippen LogP contribution in [0.4, 0.5) is 24.5 Å². The van der Waals surface area contributed by atoms with E-state index in [-0.39, 0.29) is 16.4 Å². The lowest BCUT2D eigenvalue weighted by Gasteiger charge is -2.11. The van der Waals surface area contributed by atoms with Gasteiger partial charge in [-0.1, -0.05) is 12.2 Å². The van der Waals surface area contributed by atoms with E-state index in [1.807, 2.05) is 0 Å². The Morgan fingerprint density at radius 2 is 1.84 bits per heavy atom. The minimum absolute atomic E-state index is 0.00564. The lowest BCUT2D eigenvalue weighted by Crippen LogP contribution is -2.14. The number of nitrogens with zero attached hydrogens (tertiary/aromatic N) is 1. The van der Waals surface area contributed by atoms with Gasteiger partial charge in [0.15, 0.2) is 17.5 Å². The molecule has 0 aliphatic rings. The second kappa shape index (κ2) is 5.23. The maximum Gasteiger partial charge on any atom is 0.196 e. The van der Waals surface area contributed by atoms with Crippen LogP contribution in [0.1, 0.15) is 5.69 Å². The van der Waals surface area contributed by atoms with Crippen LogP contribution < -0.4 is 11.1 Å². The molecule has 0 saturated carbocycles. The molecule has 3 nitrogen and oxygen atoms in total. The van der Waals surface area contributed by atoms with Gasteiger partial charge in [-0.05, 0) is 24.3 Å². The molecule has 98 valence electrons. The van der Waals surface area contributed by atoms with E-state index in [2.05, 4.69) is 10.3 Å². The molecule has 0 saturated heterocycles. The summed E-state index contributed by atoms with van der Waals surface area (Å²) in [5.41, 5.74) is 5.77. The lowest BCUT2D eigenvalue weighted by molar-refractivity contribution is 0.449. The SMILES string of the molecule is NC(=S)c1ncccc1Nc1ccc(F)c(F)c1F. The molecule has 0 spiro atoms. The first-order chi connectivity index (χ1) is 9.00. The first kappa shape index (κ1) is 13.3. The van der Waals surface area contributed by atoms with Crippen molar-refractivity contribution >= 4 is 28.6 Å². The average Bonchev–Trinajstić information content (AvgIpc) is 2.40. The molecule has 2 aromatic rings. The third kappa shape index (κ3) is 2.65. The third-order valence-electron chi connectivity index (χ3n) is 2.35. The van der Waals surface area contributed by atoms with Crippen LogP contribution in [0, 0.1) is 17.5 Å². The van der Waals surface area contributed by atoms with Crippen molar-refractivity contribution in [2.75, 3.05) is 5.32 Å². The third-order valence-corrected chi connectivity index (χ3v) is 2.54. The normalized spacial score (nSPS) is 10.3. The van der Waals surface area contributed by atoms with E-state index < -0.39 is 17.5 Å². The van der Waals surface area contributed by atoms with Crippen LogP contribution >= 0.6 is 12.2 Å². The van der Waals surface area contributed by atoms with Gasteiger partial charge in [0.1, 0.15) is 10.7 Å². The maximum absolute atomic E-state index is 13.5. The van der Waals surface area contributed by atoms with Gasteiger partial charge in [0.05, 0.1) is 11.4 Å². The van der Waals surface area contributed by atoms with Crippen molar-refractivity contribution in [1.29, 1.82) is 0 Å². The zero-order chi connectivity index (χ0) is 14.0. The van der Waals surface area contributed by atoms with Crippen molar-refractivity contribution in [2.24, 2.45) is 5.73 Å². The summed E-state index contributed by atoms with van der Waals surface area (Å²) in [6.45, 7) is 0. The summed E-state index contributed by atoms with van der Waals surface area (Å²) < 4.78 is 39.4. The molecule has 19 heavy (non-hydrogen) atoms. The largest absolute Gasteiger partial charge is 0.388 e. The Morgan fingerprint density at radius 3 is 2.53 bits per heavy atom. The Kier molecular flexibility index (Phi) is 3.66. The molecule has 0 unspecified atom stereocenters. The summed E-state index contributed by atoms with van der Waals surface area (Å²) in [5, 5.41) is 2.58. The van der Waals surface area contributed by atoms with Crippen LogP contribution in [-0.4, -0.2) is 9.97 Å². The van der Waals surface area contributed by atoms with E-state index in [4.69, 9.17) is 18.0 Å². The quantitative estimate of drug-likeness (QED) is 0.672. The smallest absolute Gasteiger partial charge is 0.196 e. The number of nitrogens with one attached hydrogen (secondary N) is 1. The molecule has 0 fully saturated rings. The van der Waals surface area contributed by atoms with Gasteiger partial charge in [-0.25, -0.2) is 13.2 Å². The van der Waals surface area contributed by atoms with Crippen LogP contribution in [0.25, 0.3) is 0 Å². The van der Waals surface area contributed by atoms with Crippen LogP contribution in [0.15, 0.2) is 30.5 Å². The fraction of sp³-hybridized carbons (Fsp3) is 0. The Morgan fingerprint density at radius 1 is 1.11 bits per heavy atom. The monoisotopic (exact) mass is 283 g/mol. The van der Waals surface area contributed by atoms with E-state index in [0.29, 0.717) is 5.69 Å². The highest BCUT2D eigenvalue weighted by molar-refractivity contribution is 7.80. The summed E-state index contributed by atoms with van der Waals surface area (Å²) in [4.78, 5) is 3.93. The molecule has 3 N–H and O–H groups in total. The summed E-state index contributed by atoms with van der Waals surface area (Å²) in [7, 11) is 0. The summed E-state index contributed by atoms with van der Waals surface area (Å²) in [6, 6.07) is 5.01. The van der Waals surface area contributed by atoms with E-state index >= 15 is 0 Å².